The van der Waals surface area contributed by atoms with Crippen LogP contribution < -0.4 is 0 Å². The van der Waals surface area contributed by atoms with Crippen LogP contribution in [0.15, 0.2) is 18.2 Å². The van der Waals surface area contributed by atoms with Gasteiger partial charge in [-0.3, -0.25) is 4.79 Å². The van der Waals surface area contributed by atoms with Gasteiger partial charge in [0, 0.05) is 18.2 Å². The van der Waals surface area contributed by atoms with Crippen molar-refractivity contribution < 1.29 is 22.4 Å². The Hall–Kier alpha value is -1.59. The van der Waals surface area contributed by atoms with Gasteiger partial charge in [-0.15, -0.1) is 0 Å². The van der Waals surface area contributed by atoms with Crippen molar-refractivity contribution in [2.24, 2.45) is 0 Å². The maximum atomic E-state index is 13.1. The summed E-state index contributed by atoms with van der Waals surface area (Å²) in [4.78, 5) is 13.6. The molecule has 6 heteroatoms. The fourth-order valence-corrected chi connectivity index (χ4v) is 2.28. The molecule has 0 saturated carbocycles. The molecule has 1 saturated heterocycles. The van der Waals surface area contributed by atoms with Crippen LogP contribution in [-0.4, -0.2) is 23.4 Å². The highest BCUT2D eigenvalue weighted by molar-refractivity contribution is 5.94. The van der Waals surface area contributed by atoms with Crippen LogP contribution >= 0.6 is 0 Å². The number of alkyl halides is 3. The molecule has 1 aliphatic heterocycles. The molecule has 1 aromatic rings. The summed E-state index contributed by atoms with van der Waals surface area (Å²) in [6, 6.07) is 2.38. The van der Waals surface area contributed by atoms with Gasteiger partial charge in [0.15, 0.2) is 0 Å². The largest absolute Gasteiger partial charge is 0.419 e. The predicted molar refractivity (Wildman–Crippen MR) is 61.1 cm³/mol. The van der Waals surface area contributed by atoms with Gasteiger partial charge in [-0.1, -0.05) is 0 Å². The second-order valence-electron chi connectivity index (χ2n) is 4.68. The lowest BCUT2D eigenvalue weighted by Gasteiger charge is -2.22. The molecule has 1 fully saturated rings. The van der Waals surface area contributed by atoms with Gasteiger partial charge in [0.2, 0.25) is 0 Å². The number of likely N-dealkylation sites (tertiary alicyclic amines) is 1. The zero-order chi connectivity index (χ0) is 14.2. The predicted octanol–water partition coefficient (Wildman–Crippen LogP) is 3.47. The fraction of sp³-hybridized carbons (Fsp3) is 0.462. The molecule has 0 radical (unpaired) electrons. The Labute approximate surface area is 108 Å². The van der Waals surface area contributed by atoms with Crippen molar-refractivity contribution in [3.05, 3.63) is 35.1 Å². The van der Waals surface area contributed by atoms with Gasteiger partial charge in [-0.05, 0) is 38.0 Å². The molecule has 1 aromatic carbocycles. The van der Waals surface area contributed by atoms with E-state index in [0.717, 1.165) is 18.9 Å². The van der Waals surface area contributed by atoms with E-state index in [1.54, 1.807) is 0 Å². The molecular formula is C13H13F4NO. The number of hydrogen-bond acceptors (Lipinski definition) is 1. The highest BCUT2D eigenvalue weighted by Gasteiger charge is 2.35. The highest BCUT2D eigenvalue weighted by atomic mass is 19.4. The van der Waals surface area contributed by atoms with Crippen LogP contribution in [0.25, 0.3) is 0 Å². The summed E-state index contributed by atoms with van der Waals surface area (Å²) >= 11 is 0. The van der Waals surface area contributed by atoms with Crippen LogP contribution in [0, 0.1) is 5.82 Å². The molecule has 0 aromatic heterocycles. The summed E-state index contributed by atoms with van der Waals surface area (Å²) in [6.07, 6.45) is -3.13. The molecule has 1 unspecified atom stereocenters. The maximum Gasteiger partial charge on any atom is 0.419 e. The maximum absolute atomic E-state index is 13.1. The van der Waals surface area contributed by atoms with E-state index in [1.165, 1.54) is 4.90 Å². The van der Waals surface area contributed by atoms with Gasteiger partial charge >= 0.3 is 6.18 Å². The minimum atomic E-state index is -4.79. The number of carbonyl (C=O) groups excluding carboxylic acids is 1. The second kappa shape index (κ2) is 4.83. The molecule has 0 N–H and O–H groups in total. The lowest BCUT2D eigenvalue weighted by Crippen LogP contribution is -2.33. The quantitative estimate of drug-likeness (QED) is 0.719. The number of nitrogens with zero attached hydrogens (tertiary/aromatic N) is 1. The SMILES string of the molecule is CC1CCCN1C(=O)c1ccc(F)c(C(F)(F)F)c1. The normalized spacial score (nSPS) is 19.8. The van der Waals surface area contributed by atoms with Gasteiger partial charge < -0.3 is 4.90 Å². The summed E-state index contributed by atoms with van der Waals surface area (Å²) in [7, 11) is 0. The first-order valence-electron chi connectivity index (χ1n) is 5.98. The third-order valence-electron chi connectivity index (χ3n) is 3.33. The van der Waals surface area contributed by atoms with E-state index in [4.69, 9.17) is 0 Å². The lowest BCUT2D eigenvalue weighted by atomic mass is 10.1. The van der Waals surface area contributed by atoms with Crippen LogP contribution in [0.3, 0.4) is 0 Å². The number of carbonyl (C=O) groups is 1. The molecule has 19 heavy (non-hydrogen) atoms. The Kier molecular flexibility index (Phi) is 3.52. The average Bonchev–Trinajstić information content (AvgIpc) is 2.73. The van der Waals surface area contributed by atoms with Gasteiger partial charge in [0.25, 0.3) is 5.91 Å². The average molecular weight is 275 g/mol. The van der Waals surface area contributed by atoms with Crippen LogP contribution in [0.2, 0.25) is 0 Å². The first-order valence-corrected chi connectivity index (χ1v) is 5.98. The topological polar surface area (TPSA) is 20.3 Å². The summed E-state index contributed by atoms with van der Waals surface area (Å²) in [5, 5.41) is 0. The number of benzene rings is 1. The van der Waals surface area contributed by atoms with E-state index in [9.17, 15) is 22.4 Å². The van der Waals surface area contributed by atoms with Gasteiger partial charge in [0.1, 0.15) is 5.82 Å². The van der Waals surface area contributed by atoms with Gasteiger partial charge in [-0.25, -0.2) is 4.39 Å². The molecule has 1 aliphatic rings. The van der Waals surface area contributed by atoms with E-state index >= 15 is 0 Å². The summed E-state index contributed by atoms with van der Waals surface area (Å²) < 4.78 is 50.9. The Balaban J connectivity index is 2.33. The molecule has 0 aliphatic carbocycles. The van der Waals surface area contributed by atoms with Crippen LogP contribution in [0.5, 0.6) is 0 Å². The highest BCUT2D eigenvalue weighted by Crippen LogP contribution is 2.32. The molecule has 1 amide bonds. The number of hydrogen-bond donors (Lipinski definition) is 0. The minimum Gasteiger partial charge on any atom is -0.336 e. The van der Waals surface area contributed by atoms with E-state index in [2.05, 4.69) is 0 Å². The van der Waals surface area contributed by atoms with Crippen molar-refractivity contribution in [2.75, 3.05) is 6.54 Å². The van der Waals surface area contributed by atoms with Crippen molar-refractivity contribution in [3.8, 4) is 0 Å². The standard InChI is InChI=1S/C13H13F4NO/c1-8-3-2-6-18(8)12(19)9-4-5-11(14)10(7-9)13(15,16)17/h4-5,7-8H,2-3,6H2,1H3. The fourth-order valence-electron chi connectivity index (χ4n) is 2.28. The van der Waals surface area contributed by atoms with Crippen molar-refractivity contribution >= 4 is 5.91 Å². The first-order chi connectivity index (χ1) is 8.80. The third kappa shape index (κ3) is 2.72. The van der Waals surface area contributed by atoms with E-state index in [-0.39, 0.29) is 11.6 Å². The van der Waals surface area contributed by atoms with Crippen molar-refractivity contribution in [1.82, 2.24) is 4.90 Å². The van der Waals surface area contributed by atoms with E-state index in [1.807, 2.05) is 6.92 Å². The van der Waals surface area contributed by atoms with Crippen molar-refractivity contribution in [1.29, 1.82) is 0 Å². The second-order valence-corrected chi connectivity index (χ2v) is 4.68. The number of halogens is 4. The first kappa shape index (κ1) is 13.8. The molecule has 2 nitrogen and oxygen atoms in total. The van der Waals surface area contributed by atoms with Crippen molar-refractivity contribution in [2.45, 2.75) is 32.0 Å². The van der Waals surface area contributed by atoms with Gasteiger partial charge in [0.05, 0.1) is 5.56 Å². The van der Waals surface area contributed by atoms with Crippen molar-refractivity contribution in [3.63, 3.8) is 0 Å². The zero-order valence-corrected chi connectivity index (χ0v) is 10.3. The van der Waals surface area contributed by atoms with Crippen LogP contribution in [0.4, 0.5) is 17.6 Å². The molecule has 2 rings (SSSR count). The lowest BCUT2D eigenvalue weighted by molar-refractivity contribution is -0.140. The number of rotatable bonds is 1. The smallest absolute Gasteiger partial charge is 0.336 e. The summed E-state index contributed by atoms with van der Waals surface area (Å²) in [5.74, 6) is -1.84. The summed E-state index contributed by atoms with van der Waals surface area (Å²) in [5.41, 5.74) is -1.52. The van der Waals surface area contributed by atoms with Crippen LogP contribution in [0.1, 0.15) is 35.7 Å². The molecule has 0 bridgehead atoms. The molecular weight excluding hydrogens is 262 g/mol. The molecule has 104 valence electrons. The third-order valence-corrected chi connectivity index (χ3v) is 3.33. The monoisotopic (exact) mass is 275 g/mol. The molecule has 1 atom stereocenters. The van der Waals surface area contributed by atoms with E-state index < -0.39 is 23.5 Å². The number of amides is 1. The zero-order valence-electron chi connectivity index (χ0n) is 10.3. The Morgan fingerprint density at radius 1 is 1.37 bits per heavy atom. The molecule has 1 heterocycles. The molecule has 0 spiro atoms. The Bertz CT molecular complexity index is 498. The Morgan fingerprint density at radius 3 is 2.58 bits per heavy atom. The van der Waals surface area contributed by atoms with Crippen LogP contribution in [-0.2, 0) is 6.18 Å². The minimum absolute atomic E-state index is 0.00638. The summed E-state index contributed by atoms with van der Waals surface area (Å²) in [6.45, 7) is 2.37. The Morgan fingerprint density at radius 2 is 2.05 bits per heavy atom. The van der Waals surface area contributed by atoms with E-state index in [0.29, 0.717) is 18.7 Å². The van der Waals surface area contributed by atoms with Gasteiger partial charge in [-0.2, -0.15) is 13.2 Å².